The Labute approximate surface area is 201 Å². The molecule has 0 radical (unpaired) electrons. The Balaban J connectivity index is 1.60. The van der Waals surface area contributed by atoms with Gasteiger partial charge in [-0.3, -0.25) is 19.8 Å². The van der Waals surface area contributed by atoms with Crippen molar-refractivity contribution in [1.82, 2.24) is 14.8 Å². The molecular weight excluding hydrogens is 446 g/mol. The van der Waals surface area contributed by atoms with E-state index in [1.807, 2.05) is 55.5 Å². The van der Waals surface area contributed by atoms with Crippen molar-refractivity contribution in [3.8, 4) is 5.75 Å². The van der Waals surface area contributed by atoms with E-state index >= 15 is 0 Å². The third-order valence-corrected chi connectivity index (χ3v) is 6.33. The van der Waals surface area contributed by atoms with Crippen LogP contribution >= 0.6 is 0 Å². The van der Waals surface area contributed by atoms with Crippen molar-refractivity contribution in [3.05, 3.63) is 111 Å². The van der Waals surface area contributed by atoms with E-state index in [0.717, 1.165) is 22.4 Å². The average molecular weight is 470 g/mol. The summed E-state index contributed by atoms with van der Waals surface area (Å²) in [5.74, 6) is 0.882. The summed E-state index contributed by atoms with van der Waals surface area (Å²) in [5.41, 5.74) is 3.38. The van der Waals surface area contributed by atoms with Crippen LogP contribution in [0.4, 0.5) is 11.6 Å². The maximum absolute atomic E-state index is 13.8. The molecule has 1 aliphatic heterocycles. The molecule has 176 valence electrons. The molecule has 1 aromatic heterocycles. The summed E-state index contributed by atoms with van der Waals surface area (Å²) in [7, 11) is 1.63. The summed E-state index contributed by atoms with van der Waals surface area (Å²) in [4.78, 5) is 30.5. The van der Waals surface area contributed by atoms with Gasteiger partial charge in [0.2, 0.25) is 5.95 Å². The van der Waals surface area contributed by atoms with Crippen LogP contribution < -0.4 is 9.64 Å². The van der Waals surface area contributed by atoms with Crippen LogP contribution in [0.1, 0.15) is 45.6 Å². The highest BCUT2D eigenvalue weighted by Gasteiger charge is 2.39. The minimum absolute atomic E-state index is 0.0713. The number of nitro groups is 1. The Morgan fingerprint density at radius 1 is 0.971 bits per heavy atom. The summed E-state index contributed by atoms with van der Waals surface area (Å²) < 4.78 is 7.06. The summed E-state index contributed by atoms with van der Waals surface area (Å²) in [6.07, 6.45) is 2.02. The molecule has 0 N–H and O–H groups in total. The Morgan fingerprint density at radius 2 is 1.60 bits per heavy atom. The van der Waals surface area contributed by atoms with Gasteiger partial charge in [0, 0.05) is 17.7 Å². The molecule has 35 heavy (non-hydrogen) atoms. The van der Waals surface area contributed by atoms with Gasteiger partial charge in [-0.05, 0) is 48.7 Å². The van der Waals surface area contributed by atoms with E-state index in [1.165, 1.54) is 30.6 Å². The second-order valence-electron chi connectivity index (χ2n) is 8.43. The molecule has 5 rings (SSSR count). The first kappa shape index (κ1) is 22.3. The van der Waals surface area contributed by atoms with Crippen LogP contribution in [-0.4, -0.2) is 32.7 Å². The van der Waals surface area contributed by atoms with Crippen molar-refractivity contribution in [1.29, 1.82) is 0 Å². The molecule has 0 fully saturated rings. The molecule has 2 heterocycles. The van der Waals surface area contributed by atoms with E-state index in [9.17, 15) is 14.9 Å². The first-order valence-corrected chi connectivity index (χ1v) is 11.1. The van der Waals surface area contributed by atoms with E-state index in [1.54, 1.807) is 16.7 Å². The molecular formula is C26H23N5O4. The van der Waals surface area contributed by atoms with Crippen LogP contribution in [0.25, 0.3) is 0 Å². The second kappa shape index (κ2) is 9.02. The Kier molecular flexibility index (Phi) is 5.74. The van der Waals surface area contributed by atoms with Crippen molar-refractivity contribution < 1.29 is 14.5 Å². The highest BCUT2D eigenvalue weighted by atomic mass is 16.6. The molecule has 0 aliphatic carbocycles. The highest BCUT2D eigenvalue weighted by molar-refractivity contribution is 6.06. The highest BCUT2D eigenvalue weighted by Crippen LogP contribution is 2.42. The maximum atomic E-state index is 13.8. The fourth-order valence-electron chi connectivity index (χ4n) is 4.47. The molecule has 2 atom stereocenters. The molecule has 0 bridgehead atoms. The normalized spacial score (nSPS) is 17.0. The molecule has 9 nitrogen and oxygen atoms in total. The molecule has 0 saturated heterocycles. The molecule has 1 amide bonds. The monoisotopic (exact) mass is 469 g/mol. The lowest BCUT2D eigenvalue weighted by molar-refractivity contribution is -0.384. The van der Waals surface area contributed by atoms with Crippen LogP contribution in [-0.2, 0) is 0 Å². The molecule has 0 saturated carbocycles. The van der Waals surface area contributed by atoms with Gasteiger partial charge in [0.25, 0.3) is 11.6 Å². The number of methoxy groups -OCH3 is 1. The smallest absolute Gasteiger partial charge is 0.269 e. The number of aromatic nitrogens is 3. The van der Waals surface area contributed by atoms with Gasteiger partial charge in [-0.2, -0.15) is 10.1 Å². The molecule has 4 aromatic rings. The molecule has 3 aromatic carbocycles. The number of nitrogens with zero attached hydrogens (tertiary/aromatic N) is 5. The fourth-order valence-corrected chi connectivity index (χ4v) is 4.47. The number of ether oxygens (including phenoxy) is 1. The lowest BCUT2D eigenvalue weighted by atomic mass is 9.91. The Hall–Kier alpha value is -4.53. The quantitative estimate of drug-likeness (QED) is 0.305. The Morgan fingerprint density at radius 3 is 2.23 bits per heavy atom. The van der Waals surface area contributed by atoms with Crippen molar-refractivity contribution in [2.24, 2.45) is 0 Å². The summed E-state index contributed by atoms with van der Waals surface area (Å²) in [6, 6.07) is 21.0. The first-order valence-electron chi connectivity index (χ1n) is 11.1. The number of rotatable bonds is 5. The number of fused-ring (bicyclic) bond motifs is 1. The number of nitro benzene ring substituents is 1. The third kappa shape index (κ3) is 4.12. The van der Waals surface area contributed by atoms with Gasteiger partial charge in [-0.15, -0.1) is 0 Å². The van der Waals surface area contributed by atoms with Crippen molar-refractivity contribution in [2.75, 3.05) is 12.0 Å². The van der Waals surface area contributed by atoms with Crippen LogP contribution in [0.5, 0.6) is 5.75 Å². The van der Waals surface area contributed by atoms with Gasteiger partial charge in [0.1, 0.15) is 12.1 Å². The van der Waals surface area contributed by atoms with Crippen LogP contribution in [0.2, 0.25) is 0 Å². The summed E-state index contributed by atoms with van der Waals surface area (Å²) in [5, 5.41) is 15.5. The van der Waals surface area contributed by atoms with Gasteiger partial charge in [-0.25, -0.2) is 4.68 Å². The second-order valence-corrected chi connectivity index (χ2v) is 8.43. The van der Waals surface area contributed by atoms with Gasteiger partial charge in [-0.1, -0.05) is 42.0 Å². The summed E-state index contributed by atoms with van der Waals surface area (Å²) in [6.45, 7) is 2.02. The predicted molar refractivity (Wildman–Crippen MR) is 130 cm³/mol. The lowest BCUT2D eigenvalue weighted by Crippen LogP contribution is -2.42. The van der Waals surface area contributed by atoms with Crippen LogP contribution in [0, 0.1) is 17.0 Å². The lowest BCUT2D eigenvalue weighted by Gasteiger charge is -2.39. The standard InChI is InChI=1S/C26H23N5O4/c1-17-3-5-18(6-4-17)23-15-24(19-9-13-22(35-2)14-10-19)30-26(27-16-28-30)29(23)25(32)20-7-11-21(12-8-20)31(33)34/h3-14,16,23-24H,15H2,1-2H3/t23-,24-/m0/s1. The minimum atomic E-state index is -0.486. The largest absolute Gasteiger partial charge is 0.497 e. The predicted octanol–water partition coefficient (Wildman–Crippen LogP) is 4.88. The third-order valence-electron chi connectivity index (χ3n) is 6.33. The zero-order valence-electron chi connectivity index (χ0n) is 19.2. The number of benzene rings is 3. The number of carbonyl (C=O) groups is 1. The van der Waals surface area contributed by atoms with Gasteiger partial charge >= 0.3 is 0 Å². The zero-order valence-corrected chi connectivity index (χ0v) is 19.2. The van der Waals surface area contributed by atoms with E-state index in [4.69, 9.17) is 4.74 Å². The van der Waals surface area contributed by atoms with Gasteiger partial charge in [0.15, 0.2) is 0 Å². The molecule has 9 heteroatoms. The minimum Gasteiger partial charge on any atom is -0.497 e. The molecule has 0 spiro atoms. The number of amides is 1. The number of anilines is 1. The van der Waals surface area contributed by atoms with Crippen LogP contribution in [0.3, 0.4) is 0 Å². The van der Waals surface area contributed by atoms with Gasteiger partial charge in [0.05, 0.1) is 24.1 Å². The number of hydrogen-bond acceptors (Lipinski definition) is 6. The fraction of sp³-hybridized carbons (Fsp3) is 0.192. The number of hydrogen-bond donors (Lipinski definition) is 0. The number of non-ortho nitro benzene ring substituents is 1. The number of aryl methyl sites for hydroxylation is 1. The molecule has 1 aliphatic rings. The summed E-state index contributed by atoms with van der Waals surface area (Å²) >= 11 is 0. The van der Waals surface area contributed by atoms with Crippen molar-refractivity contribution in [2.45, 2.75) is 25.4 Å². The van der Waals surface area contributed by atoms with Gasteiger partial charge < -0.3 is 4.74 Å². The topological polar surface area (TPSA) is 103 Å². The van der Waals surface area contributed by atoms with E-state index in [0.29, 0.717) is 17.9 Å². The maximum Gasteiger partial charge on any atom is 0.269 e. The Bertz CT molecular complexity index is 1360. The van der Waals surface area contributed by atoms with Crippen LogP contribution in [0.15, 0.2) is 79.1 Å². The first-order chi connectivity index (χ1) is 17.0. The van der Waals surface area contributed by atoms with E-state index in [-0.39, 0.29) is 23.7 Å². The SMILES string of the molecule is COc1ccc([C@@H]2C[C@@H](c3ccc(C)cc3)N(C(=O)c3ccc([N+](=O)[O-])cc3)c3ncnn32)cc1. The molecule has 0 unspecified atom stereocenters. The van der Waals surface area contributed by atoms with E-state index < -0.39 is 4.92 Å². The average Bonchev–Trinajstić information content (AvgIpc) is 3.38. The van der Waals surface area contributed by atoms with Crippen molar-refractivity contribution >= 4 is 17.5 Å². The number of carbonyl (C=O) groups excluding carboxylic acids is 1. The van der Waals surface area contributed by atoms with E-state index in [2.05, 4.69) is 10.1 Å². The van der Waals surface area contributed by atoms with Crippen molar-refractivity contribution in [3.63, 3.8) is 0 Å². The zero-order chi connectivity index (χ0) is 24.5.